The maximum absolute atomic E-state index is 11.9. The molecular weight excluding hydrogens is 248 g/mol. The summed E-state index contributed by atoms with van der Waals surface area (Å²) in [7, 11) is 0. The van der Waals surface area contributed by atoms with E-state index in [4.69, 9.17) is 0 Å². The molecule has 1 aromatic rings. The number of aromatic nitrogens is 3. The zero-order chi connectivity index (χ0) is 13.0. The molecule has 0 aliphatic heterocycles. The number of nitrogens with one attached hydrogen (secondary N) is 2. The van der Waals surface area contributed by atoms with Crippen molar-refractivity contribution in [1.29, 1.82) is 0 Å². The molecule has 1 fully saturated rings. The maximum Gasteiger partial charge on any atom is 0.291 e. The molecule has 2 N–H and O–H groups in total. The number of aromatic amines is 1. The van der Waals surface area contributed by atoms with Crippen LogP contribution in [0, 0.1) is 6.92 Å². The number of amides is 1. The van der Waals surface area contributed by atoms with Crippen LogP contribution in [0.1, 0.15) is 48.5 Å². The van der Waals surface area contributed by atoms with E-state index in [1.807, 2.05) is 11.8 Å². The summed E-state index contributed by atoms with van der Waals surface area (Å²) < 4.78 is 0.208. The van der Waals surface area contributed by atoms with E-state index in [2.05, 4.69) is 26.8 Å². The zero-order valence-electron chi connectivity index (χ0n) is 11.0. The molecule has 18 heavy (non-hydrogen) atoms. The van der Waals surface area contributed by atoms with Crippen molar-refractivity contribution in [2.75, 3.05) is 12.8 Å². The molecule has 5 nitrogen and oxygen atoms in total. The van der Waals surface area contributed by atoms with Gasteiger partial charge in [-0.2, -0.15) is 11.8 Å². The van der Waals surface area contributed by atoms with Crippen molar-refractivity contribution < 1.29 is 4.79 Å². The number of rotatable bonds is 4. The average molecular weight is 268 g/mol. The Balaban J connectivity index is 1.91. The van der Waals surface area contributed by atoms with Gasteiger partial charge in [0.2, 0.25) is 5.82 Å². The molecule has 1 amide bonds. The van der Waals surface area contributed by atoms with Gasteiger partial charge in [-0.15, -0.1) is 5.10 Å². The highest BCUT2D eigenvalue weighted by atomic mass is 32.2. The quantitative estimate of drug-likeness (QED) is 0.875. The lowest BCUT2D eigenvalue weighted by Crippen LogP contribution is -2.42. The Hall–Kier alpha value is -1.04. The third-order valence-electron chi connectivity index (χ3n) is 3.57. The number of hydrogen-bond acceptors (Lipinski definition) is 4. The fraction of sp³-hybridized carbons (Fsp3) is 0.750. The number of nitrogens with zero attached hydrogens (tertiary/aromatic N) is 2. The lowest BCUT2D eigenvalue weighted by Gasteiger charge is -2.35. The third kappa shape index (κ3) is 3.04. The predicted octanol–water partition coefficient (Wildman–Crippen LogP) is 1.91. The fourth-order valence-electron chi connectivity index (χ4n) is 2.41. The summed E-state index contributed by atoms with van der Waals surface area (Å²) in [6, 6.07) is 0. The molecule has 0 atom stereocenters. The molecule has 1 aromatic heterocycles. The molecule has 1 aliphatic rings. The number of thioether (sulfide) groups is 1. The van der Waals surface area contributed by atoms with Crippen LogP contribution in [0.25, 0.3) is 0 Å². The molecule has 1 aliphatic carbocycles. The summed E-state index contributed by atoms with van der Waals surface area (Å²) in [5.41, 5.74) is 0. The Morgan fingerprint density at radius 1 is 1.44 bits per heavy atom. The lowest BCUT2D eigenvalue weighted by atomic mass is 9.88. The van der Waals surface area contributed by atoms with Gasteiger partial charge in [-0.1, -0.05) is 19.3 Å². The van der Waals surface area contributed by atoms with Gasteiger partial charge in [0.25, 0.3) is 5.91 Å². The van der Waals surface area contributed by atoms with Crippen molar-refractivity contribution in [2.24, 2.45) is 0 Å². The molecule has 0 radical (unpaired) electrons. The van der Waals surface area contributed by atoms with Crippen molar-refractivity contribution in [2.45, 2.75) is 43.8 Å². The van der Waals surface area contributed by atoms with Crippen LogP contribution >= 0.6 is 11.8 Å². The van der Waals surface area contributed by atoms with Gasteiger partial charge in [-0.25, -0.2) is 4.98 Å². The first-order chi connectivity index (χ1) is 8.65. The normalized spacial score (nSPS) is 18.6. The van der Waals surface area contributed by atoms with Gasteiger partial charge in [0, 0.05) is 11.3 Å². The van der Waals surface area contributed by atoms with E-state index in [0.717, 1.165) is 0 Å². The minimum Gasteiger partial charge on any atom is -0.348 e. The largest absolute Gasteiger partial charge is 0.348 e. The Labute approximate surface area is 112 Å². The van der Waals surface area contributed by atoms with Crippen LogP contribution in [0.4, 0.5) is 0 Å². The van der Waals surface area contributed by atoms with Crippen LogP contribution in [-0.2, 0) is 0 Å². The minimum atomic E-state index is -0.182. The molecule has 1 saturated carbocycles. The molecule has 0 saturated heterocycles. The number of carbonyl (C=O) groups excluding carboxylic acids is 1. The molecule has 1 heterocycles. The monoisotopic (exact) mass is 268 g/mol. The van der Waals surface area contributed by atoms with Crippen molar-refractivity contribution in [3.63, 3.8) is 0 Å². The first-order valence-corrected chi connectivity index (χ1v) is 7.60. The van der Waals surface area contributed by atoms with Crippen molar-refractivity contribution in [3.8, 4) is 0 Å². The second kappa shape index (κ2) is 5.73. The van der Waals surface area contributed by atoms with Crippen LogP contribution in [0.2, 0.25) is 0 Å². The zero-order valence-corrected chi connectivity index (χ0v) is 11.8. The summed E-state index contributed by atoms with van der Waals surface area (Å²) in [4.78, 5) is 15.9. The molecule has 2 rings (SSSR count). The highest BCUT2D eigenvalue weighted by Crippen LogP contribution is 2.37. The number of carbonyl (C=O) groups is 1. The molecular formula is C12H20N4OS. The summed E-state index contributed by atoms with van der Waals surface area (Å²) >= 11 is 1.87. The van der Waals surface area contributed by atoms with Crippen LogP contribution in [0.15, 0.2) is 0 Å². The van der Waals surface area contributed by atoms with E-state index in [1.165, 1.54) is 32.1 Å². The Morgan fingerprint density at radius 3 is 2.72 bits per heavy atom. The van der Waals surface area contributed by atoms with E-state index in [9.17, 15) is 4.79 Å². The maximum atomic E-state index is 11.9. The van der Waals surface area contributed by atoms with E-state index in [0.29, 0.717) is 12.4 Å². The highest BCUT2D eigenvalue weighted by Gasteiger charge is 2.31. The second-order valence-corrected chi connectivity index (χ2v) is 6.15. The average Bonchev–Trinajstić information content (AvgIpc) is 2.84. The van der Waals surface area contributed by atoms with Gasteiger partial charge in [0.1, 0.15) is 5.82 Å². The van der Waals surface area contributed by atoms with Crippen molar-refractivity contribution >= 4 is 17.7 Å². The van der Waals surface area contributed by atoms with Gasteiger partial charge in [0.15, 0.2) is 0 Å². The first-order valence-electron chi connectivity index (χ1n) is 6.38. The number of hydrogen-bond donors (Lipinski definition) is 2. The van der Waals surface area contributed by atoms with Crippen molar-refractivity contribution in [3.05, 3.63) is 11.6 Å². The van der Waals surface area contributed by atoms with E-state index in [1.54, 1.807) is 6.92 Å². The van der Waals surface area contributed by atoms with E-state index >= 15 is 0 Å². The van der Waals surface area contributed by atoms with Crippen LogP contribution in [0.3, 0.4) is 0 Å². The lowest BCUT2D eigenvalue weighted by molar-refractivity contribution is 0.0937. The van der Waals surface area contributed by atoms with Gasteiger partial charge < -0.3 is 5.32 Å². The smallest absolute Gasteiger partial charge is 0.291 e. The Bertz CT molecular complexity index is 412. The molecule has 100 valence electrons. The minimum absolute atomic E-state index is 0.182. The first kappa shape index (κ1) is 13.4. The topological polar surface area (TPSA) is 70.7 Å². The predicted molar refractivity (Wildman–Crippen MR) is 72.8 cm³/mol. The Morgan fingerprint density at radius 2 is 2.17 bits per heavy atom. The third-order valence-corrected chi connectivity index (χ3v) is 4.99. The molecule has 0 aromatic carbocycles. The summed E-state index contributed by atoms with van der Waals surface area (Å²) in [5.74, 6) is 0.718. The molecule has 6 heteroatoms. The van der Waals surface area contributed by atoms with E-state index < -0.39 is 0 Å². The highest BCUT2D eigenvalue weighted by molar-refractivity contribution is 8.00. The van der Waals surface area contributed by atoms with Crippen LogP contribution < -0.4 is 5.32 Å². The van der Waals surface area contributed by atoms with Gasteiger partial charge >= 0.3 is 0 Å². The summed E-state index contributed by atoms with van der Waals surface area (Å²) in [6.45, 7) is 2.49. The molecule has 0 bridgehead atoms. The summed E-state index contributed by atoms with van der Waals surface area (Å²) in [6.07, 6.45) is 8.33. The standard InChI is InChI=1S/C12H20N4OS/c1-9-14-10(16-15-9)11(17)13-8-12(18-2)6-4-3-5-7-12/h3-8H2,1-2H3,(H,13,17)(H,14,15,16). The van der Waals surface area contributed by atoms with Gasteiger partial charge in [-0.05, 0) is 26.0 Å². The Kier molecular flexibility index (Phi) is 4.27. The van der Waals surface area contributed by atoms with E-state index in [-0.39, 0.29) is 16.5 Å². The second-order valence-electron chi connectivity index (χ2n) is 4.87. The number of aryl methyl sites for hydroxylation is 1. The van der Waals surface area contributed by atoms with Gasteiger partial charge in [-0.3, -0.25) is 9.89 Å². The van der Waals surface area contributed by atoms with Crippen LogP contribution in [-0.4, -0.2) is 38.6 Å². The SMILES string of the molecule is CSC1(CNC(=O)c2n[nH]c(C)n2)CCCCC1. The van der Waals surface area contributed by atoms with Gasteiger partial charge in [0.05, 0.1) is 0 Å². The fourth-order valence-corrected chi connectivity index (χ4v) is 3.33. The van der Waals surface area contributed by atoms with Crippen LogP contribution in [0.5, 0.6) is 0 Å². The molecule has 0 spiro atoms. The number of H-pyrrole nitrogens is 1. The summed E-state index contributed by atoms with van der Waals surface area (Å²) in [5, 5.41) is 9.53. The molecule has 0 unspecified atom stereocenters. The van der Waals surface area contributed by atoms with Crippen molar-refractivity contribution in [1.82, 2.24) is 20.5 Å².